The number of hydrogen-bond donors (Lipinski definition) is 1. The maximum atomic E-state index is 13.7. The number of nitrogens with zero attached hydrogens (tertiary/aromatic N) is 1. The molecule has 2 rings (SSSR count). The maximum absolute atomic E-state index is 13.7. The maximum Gasteiger partial charge on any atom is 0.128 e. The van der Waals surface area contributed by atoms with E-state index in [-0.39, 0.29) is 5.56 Å². The molecule has 1 aromatic rings. The lowest BCUT2D eigenvalue weighted by molar-refractivity contribution is 0.248. The van der Waals surface area contributed by atoms with Crippen molar-refractivity contribution in [1.82, 2.24) is 4.90 Å². The van der Waals surface area contributed by atoms with E-state index in [1.807, 2.05) is 0 Å². The van der Waals surface area contributed by atoms with Crippen LogP contribution in [0.15, 0.2) is 18.2 Å². The van der Waals surface area contributed by atoms with Crippen LogP contribution in [0.2, 0.25) is 0 Å². The minimum absolute atomic E-state index is 0.272. The number of likely N-dealkylation sites (tertiary alicyclic amines) is 1. The van der Waals surface area contributed by atoms with Crippen LogP contribution in [0, 0.1) is 17.0 Å². The summed E-state index contributed by atoms with van der Waals surface area (Å²) in [6.07, 6.45) is 3.45. The van der Waals surface area contributed by atoms with Gasteiger partial charge >= 0.3 is 0 Å². The molecule has 2 nitrogen and oxygen atoms in total. The molecule has 0 aliphatic carbocycles. The van der Waals surface area contributed by atoms with Gasteiger partial charge in [0.25, 0.3) is 0 Å². The number of benzene rings is 1. The molecule has 1 aliphatic rings. The number of nitrogens with two attached hydrogens (primary N) is 1. The van der Waals surface area contributed by atoms with Crippen molar-refractivity contribution in [1.29, 1.82) is 0 Å². The van der Waals surface area contributed by atoms with Crippen molar-refractivity contribution >= 4 is 0 Å². The van der Waals surface area contributed by atoms with Gasteiger partial charge < -0.3 is 10.6 Å². The van der Waals surface area contributed by atoms with E-state index in [0.717, 1.165) is 38.1 Å². The van der Waals surface area contributed by atoms with E-state index in [1.165, 1.54) is 12.5 Å². The first-order valence-electron chi connectivity index (χ1n) is 7.30. The Morgan fingerprint density at radius 1 is 1.25 bits per heavy atom. The highest BCUT2D eigenvalue weighted by Gasteiger charge is 2.24. The van der Waals surface area contributed by atoms with Gasteiger partial charge in [-0.3, -0.25) is 0 Å². The fourth-order valence-corrected chi connectivity index (χ4v) is 2.84. The van der Waals surface area contributed by atoms with Gasteiger partial charge in [-0.25, -0.2) is 8.78 Å². The van der Waals surface area contributed by atoms with Gasteiger partial charge in [0.2, 0.25) is 0 Å². The third-order valence-electron chi connectivity index (χ3n) is 4.25. The van der Waals surface area contributed by atoms with Crippen molar-refractivity contribution in [3.63, 3.8) is 0 Å². The molecular formula is C16H24F2N2. The van der Waals surface area contributed by atoms with Crippen molar-refractivity contribution in [2.75, 3.05) is 19.6 Å². The molecule has 0 bridgehead atoms. The predicted molar refractivity (Wildman–Crippen MR) is 77.4 cm³/mol. The molecule has 4 heteroatoms. The second-order valence-electron chi connectivity index (χ2n) is 6.59. The summed E-state index contributed by atoms with van der Waals surface area (Å²) in [5, 5.41) is 0. The Hall–Kier alpha value is -1.00. The highest BCUT2D eigenvalue weighted by Crippen LogP contribution is 2.30. The van der Waals surface area contributed by atoms with Crippen LogP contribution in [-0.2, 0) is 0 Å². The van der Waals surface area contributed by atoms with Crippen LogP contribution >= 0.6 is 0 Å². The standard InChI is InChI=1S/C16H24F2N2/c1-16(2)6-3-8-20(9-7-16)11-15(19)13-10-12(17)4-5-14(13)18/h4-5,10,15H,3,6-9,11,19H2,1-2H3. The van der Waals surface area contributed by atoms with Crippen molar-refractivity contribution in [3.8, 4) is 0 Å². The summed E-state index contributed by atoms with van der Waals surface area (Å²) >= 11 is 0. The van der Waals surface area contributed by atoms with Gasteiger partial charge in [-0.1, -0.05) is 13.8 Å². The molecule has 1 saturated heterocycles. The number of hydrogen-bond acceptors (Lipinski definition) is 2. The Bertz CT molecular complexity index is 460. The van der Waals surface area contributed by atoms with Crippen LogP contribution in [0.3, 0.4) is 0 Å². The van der Waals surface area contributed by atoms with E-state index < -0.39 is 17.7 Å². The van der Waals surface area contributed by atoms with Gasteiger partial charge in [0.05, 0.1) is 0 Å². The summed E-state index contributed by atoms with van der Waals surface area (Å²) in [5.41, 5.74) is 6.70. The van der Waals surface area contributed by atoms with Gasteiger partial charge in [-0.15, -0.1) is 0 Å². The van der Waals surface area contributed by atoms with Crippen LogP contribution in [0.25, 0.3) is 0 Å². The Kier molecular flexibility index (Phi) is 4.76. The Morgan fingerprint density at radius 2 is 2.00 bits per heavy atom. The Morgan fingerprint density at radius 3 is 2.75 bits per heavy atom. The lowest BCUT2D eigenvalue weighted by Gasteiger charge is -2.25. The highest BCUT2D eigenvalue weighted by molar-refractivity contribution is 5.22. The second kappa shape index (κ2) is 6.19. The van der Waals surface area contributed by atoms with E-state index in [4.69, 9.17) is 5.73 Å². The predicted octanol–water partition coefficient (Wildman–Crippen LogP) is 3.48. The third-order valence-corrected chi connectivity index (χ3v) is 4.25. The molecule has 1 aliphatic heterocycles. The molecule has 0 spiro atoms. The van der Waals surface area contributed by atoms with Crippen LogP contribution in [0.4, 0.5) is 8.78 Å². The normalized spacial score (nSPS) is 21.4. The molecule has 0 radical (unpaired) electrons. The fraction of sp³-hybridized carbons (Fsp3) is 0.625. The molecule has 0 aromatic heterocycles. The summed E-state index contributed by atoms with van der Waals surface area (Å²) in [6, 6.07) is 3.00. The van der Waals surface area contributed by atoms with Crippen LogP contribution < -0.4 is 5.73 Å². The van der Waals surface area contributed by atoms with Crippen LogP contribution in [0.5, 0.6) is 0 Å². The lowest BCUT2D eigenvalue weighted by Crippen LogP contribution is -2.33. The summed E-state index contributed by atoms with van der Waals surface area (Å²) in [6.45, 7) is 7.09. The average Bonchev–Trinajstić information content (AvgIpc) is 2.54. The third kappa shape index (κ3) is 4.00. The van der Waals surface area contributed by atoms with Crippen molar-refractivity contribution < 1.29 is 8.78 Å². The monoisotopic (exact) mass is 282 g/mol. The number of halogens is 2. The molecule has 0 amide bonds. The van der Waals surface area contributed by atoms with Gasteiger partial charge in [-0.05, 0) is 56.0 Å². The van der Waals surface area contributed by atoms with E-state index in [9.17, 15) is 8.78 Å². The SMILES string of the molecule is CC1(C)CCCN(CC(N)c2cc(F)ccc2F)CC1. The minimum atomic E-state index is -0.480. The first-order chi connectivity index (χ1) is 9.37. The Labute approximate surface area is 120 Å². The van der Waals surface area contributed by atoms with Gasteiger partial charge in [0, 0.05) is 18.2 Å². The zero-order valence-electron chi connectivity index (χ0n) is 12.3. The molecule has 1 fully saturated rings. The van der Waals surface area contributed by atoms with E-state index in [0.29, 0.717) is 12.0 Å². The van der Waals surface area contributed by atoms with Gasteiger partial charge in [-0.2, -0.15) is 0 Å². The molecule has 20 heavy (non-hydrogen) atoms. The molecule has 2 N–H and O–H groups in total. The molecule has 1 aromatic carbocycles. The van der Waals surface area contributed by atoms with Crippen molar-refractivity contribution in [2.24, 2.45) is 11.1 Å². The summed E-state index contributed by atoms with van der Waals surface area (Å²) in [4.78, 5) is 2.27. The fourth-order valence-electron chi connectivity index (χ4n) is 2.84. The molecule has 1 heterocycles. The van der Waals surface area contributed by atoms with Crippen molar-refractivity contribution in [2.45, 2.75) is 39.2 Å². The molecule has 0 saturated carbocycles. The smallest absolute Gasteiger partial charge is 0.128 e. The quantitative estimate of drug-likeness (QED) is 0.919. The zero-order chi connectivity index (χ0) is 14.8. The van der Waals surface area contributed by atoms with Gasteiger partial charge in [0.15, 0.2) is 0 Å². The topological polar surface area (TPSA) is 29.3 Å². The van der Waals surface area contributed by atoms with Crippen LogP contribution in [0.1, 0.15) is 44.7 Å². The Balaban J connectivity index is 2.00. The van der Waals surface area contributed by atoms with E-state index >= 15 is 0 Å². The zero-order valence-corrected chi connectivity index (χ0v) is 12.3. The minimum Gasteiger partial charge on any atom is -0.323 e. The van der Waals surface area contributed by atoms with Crippen LogP contribution in [-0.4, -0.2) is 24.5 Å². The number of rotatable bonds is 3. The summed E-state index contributed by atoms with van der Waals surface area (Å²) in [5.74, 6) is -0.858. The van der Waals surface area contributed by atoms with Crippen molar-refractivity contribution in [3.05, 3.63) is 35.4 Å². The van der Waals surface area contributed by atoms with E-state index in [2.05, 4.69) is 18.7 Å². The second-order valence-corrected chi connectivity index (χ2v) is 6.59. The summed E-state index contributed by atoms with van der Waals surface area (Å²) in [7, 11) is 0. The van der Waals surface area contributed by atoms with E-state index in [1.54, 1.807) is 0 Å². The molecule has 112 valence electrons. The first-order valence-corrected chi connectivity index (χ1v) is 7.30. The summed E-state index contributed by atoms with van der Waals surface area (Å²) < 4.78 is 26.9. The lowest BCUT2D eigenvalue weighted by atomic mass is 9.85. The molecule has 1 atom stereocenters. The molecule has 1 unspecified atom stereocenters. The van der Waals surface area contributed by atoms with Gasteiger partial charge in [0.1, 0.15) is 11.6 Å². The largest absolute Gasteiger partial charge is 0.323 e. The molecular weight excluding hydrogens is 258 g/mol. The highest BCUT2D eigenvalue weighted by atomic mass is 19.1. The average molecular weight is 282 g/mol. The first kappa shape index (κ1) is 15.4.